The summed E-state index contributed by atoms with van der Waals surface area (Å²) in [5.74, 6) is -2.15. The second-order valence-electron chi connectivity index (χ2n) is 6.12. The number of hydrogen-bond acceptors (Lipinski definition) is 5. The molecule has 1 fully saturated rings. The number of ether oxygens (including phenoxy) is 1. The maximum absolute atomic E-state index is 12.7. The average molecular weight is 415 g/mol. The second-order valence-corrected chi connectivity index (χ2v) is 6.53. The van der Waals surface area contributed by atoms with Crippen LogP contribution in [0.4, 0.5) is 5.69 Å². The second kappa shape index (κ2) is 9.81. The molecule has 9 heteroatoms. The van der Waals surface area contributed by atoms with Gasteiger partial charge in [-0.05, 0) is 18.2 Å². The Morgan fingerprint density at radius 2 is 1.69 bits per heavy atom. The molecule has 1 heterocycles. The van der Waals surface area contributed by atoms with E-state index in [1.165, 1.54) is 6.21 Å². The van der Waals surface area contributed by atoms with Gasteiger partial charge >= 0.3 is 11.8 Å². The van der Waals surface area contributed by atoms with Gasteiger partial charge in [-0.15, -0.1) is 0 Å². The number of hydrazone groups is 1. The molecule has 2 N–H and O–H groups in total. The molecule has 0 bridgehead atoms. The first-order valence-corrected chi connectivity index (χ1v) is 9.29. The number of carbonyl (C=O) groups excluding carboxylic acids is 3. The van der Waals surface area contributed by atoms with Gasteiger partial charge in [-0.1, -0.05) is 41.9 Å². The lowest BCUT2D eigenvalue weighted by atomic mass is 10.1. The van der Waals surface area contributed by atoms with Crippen LogP contribution in [0.25, 0.3) is 0 Å². The van der Waals surface area contributed by atoms with Crippen molar-refractivity contribution >= 4 is 41.2 Å². The van der Waals surface area contributed by atoms with Crippen molar-refractivity contribution in [2.45, 2.75) is 0 Å². The van der Waals surface area contributed by atoms with Crippen molar-refractivity contribution < 1.29 is 19.1 Å². The minimum absolute atomic E-state index is 0.235. The minimum atomic E-state index is -0.970. The van der Waals surface area contributed by atoms with Crippen molar-refractivity contribution in [3.05, 3.63) is 64.7 Å². The average Bonchev–Trinajstić information content (AvgIpc) is 2.75. The van der Waals surface area contributed by atoms with E-state index in [1.54, 1.807) is 53.4 Å². The highest BCUT2D eigenvalue weighted by Crippen LogP contribution is 2.18. The molecule has 29 heavy (non-hydrogen) atoms. The van der Waals surface area contributed by atoms with E-state index in [9.17, 15) is 14.4 Å². The number of amides is 3. The van der Waals surface area contributed by atoms with Gasteiger partial charge in [0, 0.05) is 23.7 Å². The summed E-state index contributed by atoms with van der Waals surface area (Å²) in [5.41, 5.74) is 3.28. The molecule has 0 atom stereocenters. The predicted molar refractivity (Wildman–Crippen MR) is 109 cm³/mol. The van der Waals surface area contributed by atoms with Crippen LogP contribution in [0.5, 0.6) is 0 Å². The zero-order valence-corrected chi connectivity index (χ0v) is 16.2. The van der Waals surface area contributed by atoms with Crippen molar-refractivity contribution in [3.63, 3.8) is 0 Å². The van der Waals surface area contributed by atoms with Gasteiger partial charge in [-0.2, -0.15) is 5.10 Å². The molecule has 0 spiro atoms. The highest BCUT2D eigenvalue weighted by atomic mass is 35.5. The first-order valence-electron chi connectivity index (χ1n) is 8.91. The van der Waals surface area contributed by atoms with E-state index in [1.807, 2.05) is 0 Å². The van der Waals surface area contributed by atoms with Gasteiger partial charge < -0.3 is 15.0 Å². The lowest BCUT2D eigenvalue weighted by molar-refractivity contribution is -0.136. The lowest BCUT2D eigenvalue weighted by Gasteiger charge is -2.27. The van der Waals surface area contributed by atoms with Crippen LogP contribution in [-0.2, 0) is 14.3 Å². The number of hydrogen-bond donors (Lipinski definition) is 2. The van der Waals surface area contributed by atoms with E-state index in [0.717, 1.165) is 0 Å². The van der Waals surface area contributed by atoms with Crippen LogP contribution in [-0.4, -0.2) is 55.1 Å². The molecule has 0 unspecified atom stereocenters. The van der Waals surface area contributed by atoms with Crippen molar-refractivity contribution in [3.8, 4) is 0 Å². The van der Waals surface area contributed by atoms with Gasteiger partial charge in [-0.3, -0.25) is 14.4 Å². The number of nitrogens with zero attached hydrogens (tertiary/aromatic N) is 2. The maximum atomic E-state index is 12.7. The predicted octanol–water partition coefficient (Wildman–Crippen LogP) is 1.90. The summed E-state index contributed by atoms with van der Waals surface area (Å²) in [5, 5.41) is 6.66. The molecule has 0 aliphatic carbocycles. The third-order valence-electron chi connectivity index (χ3n) is 4.19. The molecule has 0 radical (unpaired) electrons. The first-order chi connectivity index (χ1) is 14.1. The molecule has 2 aromatic carbocycles. The third kappa shape index (κ3) is 5.40. The van der Waals surface area contributed by atoms with E-state index in [4.69, 9.17) is 16.3 Å². The van der Waals surface area contributed by atoms with E-state index in [-0.39, 0.29) is 11.6 Å². The fourth-order valence-electron chi connectivity index (χ4n) is 2.69. The largest absolute Gasteiger partial charge is 0.378 e. The molecule has 1 saturated heterocycles. The monoisotopic (exact) mass is 414 g/mol. The van der Waals surface area contributed by atoms with Crippen LogP contribution in [0.2, 0.25) is 5.02 Å². The molecule has 0 aromatic heterocycles. The molecule has 1 aliphatic rings. The molecular formula is C20H19ClN4O4. The zero-order valence-electron chi connectivity index (χ0n) is 15.4. The lowest BCUT2D eigenvalue weighted by Crippen LogP contribution is -2.41. The number of morpholine rings is 1. The third-order valence-corrected chi connectivity index (χ3v) is 4.53. The van der Waals surface area contributed by atoms with E-state index in [2.05, 4.69) is 15.8 Å². The molecular weight excluding hydrogens is 396 g/mol. The van der Waals surface area contributed by atoms with Crippen LogP contribution >= 0.6 is 11.6 Å². The Morgan fingerprint density at radius 1 is 1.00 bits per heavy atom. The number of para-hydroxylation sites is 1. The van der Waals surface area contributed by atoms with Gasteiger partial charge in [-0.25, -0.2) is 5.43 Å². The number of rotatable bonds is 4. The number of anilines is 1. The summed E-state index contributed by atoms with van der Waals surface area (Å²) in [6, 6.07) is 13.4. The fraction of sp³-hybridized carbons (Fsp3) is 0.200. The van der Waals surface area contributed by atoms with Gasteiger partial charge in [0.2, 0.25) is 0 Å². The van der Waals surface area contributed by atoms with Crippen LogP contribution in [0.1, 0.15) is 15.9 Å². The van der Waals surface area contributed by atoms with E-state index >= 15 is 0 Å². The Hall–Kier alpha value is -3.23. The number of halogens is 1. The van der Waals surface area contributed by atoms with E-state index in [0.29, 0.717) is 42.5 Å². The normalized spacial score (nSPS) is 13.9. The van der Waals surface area contributed by atoms with Gasteiger partial charge in [0.05, 0.1) is 30.7 Å². The highest BCUT2D eigenvalue weighted by Gasteiger charge is 2.22. The van der Waals surface area contributed by atoms with Crippen LogP contribution in [0, 0.1) is 0 Å². The van der Waals surface area contributed by atoms with Crippen molar-refractivity contribution in [2.75, 3.05) is 31.6 Å². The number of benzene rings is 2. The van der Waals surface area contributed by atoms with Crippen molar-refractivity contribution in [2.24, 2.45) is 5.10 Å². The molecule has 3 amide bonds. The smallest absolute Gasteiger partial charge is 0.329 e. The van der Waals surface area contributed by atoms with Gasteiger partial charge in [0.25, 0.3) is 5.91 Å². The summed E-state index contributed by atoms with van der Waals surface area (Å²) in [4.78, 5) is 38.6. The summed E-state index contributed by atoms with van der Waals surface area (Å²) >= 11 is 5.99. The van der Waals surface area contributed by atoms with Crippen molar-refractivity contribution in [1.29, 1.82) is 0 Å². The van der Waals surface area contributed by atoms with Crippen LogP contribution in [0.3, 0.4) is 0 Å². The van der Waals surface area contributed by atoms with Gasteiger partial charge in [0.1, 0.15) is 0 Å². The Balaban J connectivity index is 1.63. The highest BCUT2D eigenvalue weighted by molar-refractivity contribution is 6.40. The van der Waals surface area contributed by atoms with Crippen molar-refractivity contribution in [1.82, 2.24) is 10.3 Å². The topological polar surface area (TPSA) is 100 Å². The molecule has 0 saturated carbocycles. The molecule has 8 nitrogen and oxygen atoms in total. The zero-order chi connectivity index (χ0) is 20.6. The van der Waals surface area contributed by atoms with Gasteiger partial charge in [0.15, 0.2) is 0 Å². The Bertz CT molecular complexity index is 942. The Kier molecular flexibility index (Phi) is 6.94. The molecule has 1 aliphatic heterocycles. The standard InChI is InChI=1S/C20H19ClN4O4/c21-16-7-3-1-5-14(16)13-22-24-19(27)18(26)23-17-8-4-2-6-15(17)20(28)25-9-11-29-12-10-25/h1-8,13H,9-12H2,(H,23,26)(H,24,27)/b22-13+. The maximum Gasteiger partial charge on any atom is 0.329 e. The summed E-state index contributed by atoms with van der Waals surface area (Å²) in [6.45, 7) is 1.87. The van der Waals surface area contributed by atoms with Crippen LogP contribution in [0.15, 0.2) is 53.6 Å². The minimum Gasteiger partial charge on any atom is -0.378 e. The quantitative estimate of drug-likeness (QED) is 0.453. The number of carbonyl (C=O) groups is 3. The summed E-state index contributed by atoms with van der Waals surface area (Å²) in [6.07, 6.45) is 1.34. The van der Waals surface area contributed by atoms with E-state index < -0.39 is 11.8 Å². The summed E-state index contributed by atoms with van der Waals surface area (Å²) < 4.78 is 5.25. The number of nitrogens with one attached hydrogen (secondary N) is 2. The fourth-order valence-corrected chi connectivity index (χ4v) is 2.87. The molecule has 150 valence electrons. The first kappa shape index (κ1) is 20.5. The van der Waals surface area contributed by atoms with Crippen LogP contribution < -0.4 is 10.7 Å². The molecule has 3 rings (SSSR count). The Morgan fingerprint density at radius 3 is 2.45 bits per heavy atom. The Labute approximate surface area is 172 Å². The molecule has 2 aromatic rings. The SMILES string of the molecule is O=C(N/N=C/c1ccccc1Cl)C(=O)Nc1ccccc1C(=O)N1CCOCC1. The summed E-state index contributed by atoms with van der Waals surface area (Å²) in [7, 11) is 0.